The summed E-state index contributed by atoms with van der Waals surface area (Å²) < 4.78 is 21.6. The Bertz CT molecular complexity index is 678. The van der Waals surface area contributed by atoms with Gasteiger partial charge in [-0.3, -0.25) is 0 Å². The van der Waals surface area contributed by atoms with Gasteiger partial charge in [0.05, 0.1) is 5.25 Å². The average Bonchev–Trinajstić information content (AvgIpc) is 2.59. The second kappa shape index (κ2) is 8.42. The van der Waals surface area contributed by atoms with Crippen LogP contribution in [0.25, 0.3) is 0 Å². The zero-order chi connectivity index (χ0) is 17.6. The fraction of sp³-hybridized carbons (Fsp3) is 0.368. The van der Waals surface area contributed by atoms with Crippen LogP contribution < -0.4 is 11.5 Å². The molecule has 3 unspecified atom stereocenters. The Morgan fingerprint density at radius 1 is 1.17 bits per heavy atom. The van der Waals surface area contributed by atoms with E-state index < -0.39 is 11.1 Å². The molecule has 0 saturated heterocycles. The van der Waals surface area contributed by atoms with E-state index in [4.69, 9.17) is 11.5 Å². The first kappa shape index (κ1) is 18.6. The summed E-state index contributed by atoms with van der Waals surface area (Å²) in [5.41, 5.74) is 14.4. The van der Waals surface area contributed by atoms with E-state index in [0.29, 0.717) is 25.1 Å². The summed E-state index contributed by atoms with van der Waals surface area (Å²) in [4.78, 5) is 0. The van der Waals surface area contributed by atoms with E-state index in [1.807, 2.05) is 61.5 Å². The molecule has 2 aromatic carbocycles. The zero-order valence-electron chi connectivity index (χ0n) is 14.0. The molecule has 5 N–H and O–H groups in total. The fourth-order valence-electron chi connectivity index (χ4n) is 2.98. The lowest BCUT2D eigenvalue weighted by Crippen LogP contribution is -2.37. The van der Waals surface area contributed by atoms with E-state index in [1.54, 1.807) is 0 Å². The van der Waals surface area contributed by atoms with Gasteiger partial charge in [0, 0.05) is 17.6 Å². The van der Waals surface area contributed by atoms with Crippen molar-refractivity contribution in [2.75, 3.05) is 12.3 Å². The van der Waals surface area contributed by atoms with Crippen molar-refractivity contribution in [1.82, 2.24) is 0 Å². The third-order valence-electron chi connectivity index (χ3n) is 4.60. The summed E-state index contributed by atoms with van der Waals surface area (Å²) in [6, 6.07) is 17.6. The zero-order valence-corrected chi connectivity index (χ0v) is 14.8. The molecule has 2 rings (SSSR count). The topological polar surface area (TPSA) is 89.3 Å². The van der Waals surface area contributed by atoms with Crippen LogP contribution in [-0.2, 0) is 22.9 Å². The first-order valence-electron chi connectivity index (χ1n) is 8.14. The molecule has 0 spiro atoms. The van der Waals surface area contributed by atoms with Crippen molar-refractivity contribution in [2.24, 2.45) is 5.73 Å². The maximum absolute atomic E-state index is 11.9. The summed E-state index contributed by atoms with van der Waals surface area (Å²) in [7, 11) is 0. The monoisotopic (exact) mass is 346 g/mol. The highest BCUT2D eigenvalue weighted by molar-refractivity contribution is 7.79. The molecule has 0 aliphatic heterocycles. The molecular weight excluding hydrogens is 320 g/mol. The van der Waals surface area contributed by atoms with Crippen LogP contribution in [0.4, 0.5) is 5.69 Å². The number of nitrogens with two attached hydrogens (primary N) is 2. The molecule has 0 aromatic heterocycles. The number of rotatable bonds is 8. The van der Waals surface area contributed by atoms with Crippen LogP contribution >= 0.6 is 0 Å². The number of hydrogen-bond donors (Lipinski definition) is 3. The highest BCUT2D eigenvalue weighted by Gasteiger charge is 2.31. The summed E-state index contributed by atoms with van der Waals surface area (Å²) in [5, 5.41) is -0.333. The molecular formula is C19H26N2O2S. The van der Waals surface area contributed by atoms with E-state index in [1.165, 1.54) is 5.56 Å². The molecule has 0 amide bonds. The highest BCUT2D eigenvalue weighted by atomic mass is 32.2. The Labute approximate surface area is 146 Å². The second-order valence-corrected chi connectivity index (χ2v) is 7.74. The van der Waals surface area contributed by atoms with Crippen molar-refractivity contribution in [1.29, 1.82) is 0 Å². The molecule has 2 aromatic rings. The molecule has 4 nitrogen and oxygen atoms in total. The third kappa shape index (κ3) is 4.90. The average molecular weight is 346 g/mol. The van der Waals surface area contributed by atoms with Gasteiger partial charge in [0.15, 0.2) is 11.1 Å². The van der Waals surface area contributed by atoms with Gasteiger partial charge in [-0.05, 0) is 42.5 Å². The van der Waals surface area contributed by atoms with E-state index in [2.05, 4.69) is 0 Å². The van der Waals surface area contributed by atoms with Crippen LogP contribution in [0, 0.1) is 0 Å². The Hall–Kier alpha value is -1.69. The summed E-state index contributed by atoms with van der Waals surface area (Å²) in [5.74, 6) is 0. The second-order valence-electron chi connectivity index (χ2n) is 6.52. The molecule has 3 atom stereocenters. The van der Waals surface area contributed by atoms with Crippen LogP contribution in [0.1, 0.15) is 30.9 Å². The summed E-state index contributed by atoms with van der Waals surface area (Å²) in [6.07, 6.45) is 1.96. The van der Waals surface area contributed by atoms with Crippen LogP contribution in [0.15, 0.2) is 54.6 Å². The standard InChI is InChI=1S/C19H26N2O2S/c1-19(14-20,16-8-5-9-17(21)12-16)13-18(24(22)23)11-10-15-6-3-2-4-7-15/h2-9,12,18H,10-11,13-14,20-21H2,1H3,(H,22,23). The van der Waals surface area contributed by atoms with Crippen LogP contribution in [0.3, 0.4) is 0 Å². The minimum Gasteiger partial charge on any atom is -0.399 e. The Morgan fingerprint density at radius 2 is 1.88 bits per heavy atom. The van der Waals surface area contributed by atoms with Crippen molar-refractivity contribution in [3.8, 4) is 0 Å². The molecule has 130 valence electrons. The maximum atomic E-state index is 11.9. The quantitative estimate of drug-likeness (QED) is 0.506. The summed E-state index contributed by atoms with van der Waals surface area (Å²) in [6.45, 7) is 2.43. The first-order chi connectivity index (χ1) is 11.4. The van der Waals surface area contributed by atoms with Crippen molar-refractivity contribution < 1.29 is 8.76 Å². The lowest BCUT2D eigenvalue weighted by Gasteiger charge is -2.32. The van der Waals surface area contributed by atoms with Gasteiger partial charge in [-0.25, -0.2) is 4.21 Å². The molecule has 24 heavy (non-hydrogen) atoms. The van der Waals surface area contributed by atoms with Crippen LogP contribution in [-0.4, -0.2) is 20.6 Å². The van der Waals surface area contributed by atoms with E-state index in [0.717, 1.165) is 12.0 Å². The normalized spacial score (nSPS) is 16.3. The summed E-state index contributed by atoms with van der Waals surface area (Å²) >= 11 is -1.89. The Morgan fingerprint density at radius 3 is 2.46 bits per heavy atom. The van der Waals surface area contributed by atoms with Gasteiger partial charge in [0.25, 0.3) is 0 Å². The van der Waals surface area contributed by atoms with Crippen molar-refractivity contribution in [3.05, 3.63) is 65.7 Å². The molecule has 5 heteroatoms. The highest BCUT2D eigenvalue weighted by Crippen LogP contribution is 2.31. The van der Waals surface area contributed by atoms with Gasteiger partial charge >= 0.3 is 0 Å². The number of aryl methyl sites for hydroxylation is 1. The third-order valence-corrected chi connectivity index (χ3v) is 5.57. The van der Waals surface area contributed by atoms with Crippen molar-refractivity contribution in [2.45, 2.75) is 36.9 Å². The predicted octanol–water partition coefficient (Wildman–Crippen LogP) is 3.10. The van der Waals surface area contributed by atoms with Crippen LogP contribution in [0.2, 0.25) is 0 Å². The molecule has 0 fully saturated rings. The predicted molar refractivity (Wildman–Crippen MR) is 101 cm³/mol. The molecule has 0 aliphatic rings. The number of benzene rings is 2. The Balaban J connectivity index is 2.13. The van der Waals surface area contributed by atoms with Gasteiger partial charge in [0.2, 0.25) is 0 Å². The lowest BCUT2D eigenvalue weighted by atomic mass is 9.77. The maximum Gasteiger partial charge on any atom is 0.156 e. The van der Waals surface area contributed by atoms with Gasteiger partial charge in [-0.1, -0.05) is 49.4 Å². The van der Waals surface area contributed by atoms with E-state index in [9.17, 15) is 8.76 Å². The largest absolute Gasteiger partial charge is 0.399 e. The minimum atomic E-state index is -1.89. The Kier molecular flexibility index (Phi) is 6.54. The van der Waals surface area contributed by atoms with E-state index >= 15 is 0 Å². The van der Waals surface area contributed by atoms with Gasteiger partial charge < -0.3 is 16.0 Å². The van der Waals surface area contributed by atoms with E-state index in [-0.39, 0.29) is 10.7 Å². The number of nitrogen functional groups attached to an aromatic ring is 1. The van der Waals surface area contributed by atoms with Gasteiger partial charge in [-0.2, -0.15) is 0 Å². The van der Waals surface area contributed by atoms with Crippen LogP contribution in [0.5, 0.6) is 0 Å². The number of anilines is 1. The molecule has 0 saturated carbocycles. The SMILES string of the molecule is CC(CN)(CC(CCc1ccccc1)S(=O)O)c1cccc(N)c1. The fourth-order valence-corrected chi connectivity index (χ4v) is 3.81. The molecule has 0 aliphatic carbocycles. The van der Waals surface area contributed by atoms with Gasteiger partial charge in [0.1, 0.15) is 0 Å². The molecule has 0 heterocycles. The number of hydrogen-bond acceptors (Lipinski definition) is 3. The smallest absolute Gasteiger partial charge is 0.156 e. The van der Waals surface area contributed by atoms with Crippen molar-refractivity contribution in [3.63, 3.8) is 0 Å². The van der Waals surface area contributed by atoms with Gasteiger partial charge in [-0.15, -0.1) is 0 Å². The lowest BCUT2D eigenvalue weighted by molar-refractivity contribution is 0.413. The first-order valence-corrected chi connectivity index (χ1v) is 9.31. The molecule has 0 bridgehead atoms. The van der Waals surface area contributed by atoms with Crippen molar-refractivity contribution >= 4 is 16.8 Å². The minimum absolute atomic E-state index is 0.333. The molecule has 0 radical (unpaired) electrons.